The van der Waals surface area contributed by atoms with Gasteiger partial charge in [0.1, 0.15) is 11.5 Å². The van der Waals surface area contributed by atoms with Crippen LogP contribution in [0.2, 0.25) is 0 Å². The standard InChI is InChI=1S/C24H25FN2O3/c1-14-5-10-20(15(2)11-14)27-23(28)21(18-6-8-19(25)9-7-18)22(24(27)29)26-12-16(3)30-17(4)13-26/h5-11,16-17H,12-13H2,1-4H3. The maximum atomic E-state index is 13.6. The highest BCUT2D eigenvalue weighted by atomic mass is 19.1. The summed E-state index contributed by atoms with van der Waals surface area (Å²) in [4.78, 5) is 30.3. The van der Waals surface area contributed by atoms with Gasteiger partial charge in [0, 0.05) is 13.1 Å². The molecule has 30 heavy (non-hydrogen) atoms. The van der Waals surface area contributed by atoms with Crippen LogP contribution in [0.1, 0.15) is 30.5 Å². The van der Waals surface area contributed by atoms with Gasteiger partial charge < -0.3 is 9.64 Å². The summed E-state index contributed by atoms with van der Waals surface area (Å²) in [5.41, 5.74) is 3.66. The van der Waals surface area contributed by atoms with Gasteiger partial charge in [0.25, 0.3) is 11.8 Å². The van der Waals surface area contributed by atoms with Crippen LogP contribution in [-0.4, -0.2) is 42.0 Å². The molecule has 0 radical (unpaired) electrons. The molecule has 0 N–H and O–H groups in total. The first-order valence-corrected chi connectivity index (χ1v) is 10.1. The maximum absolute atomic E-state index is 13.6. The number of halogens is 1. The summed E-state index contributed by atoms with van der Waals surface area (Å²) < 4.78 is 19.3. The van der Waals surface area contributed by atoms with E-state index in [-0.39, 0.29) is 24.0 Å². The van der Waals surface area contributed by atoms with E-state index in [0.717, 1.165) is 11.1 Å². The third-order valence-electron chi connectivity index (χ3n) is 5.52. The van der Waals surface area contributed by atoms with Crippen molar-refractivity contribution in [1.82, 2.24) is 4.90 Å². The first-order valence-electron chi connectivity index (χ1n) is 10.1. The third kappa shape index (κ3) is 3.52. The number of benzene rings is 2. The van der Waals surface area contributed by atoms with Gasteiger partial charge in [-0.3, -0.25) is 9.59 Å². The molecule has 1 fully saturated rings. The lowest BCUT2D eigenvalue weighted by Crippen LogP contribution is -2.47. The summed E-state index contributed by atoms with van der Waals surface area (Å²) in [7, 11) is 0. The molecule has 1 saturated heterocycles. The maximum Gasteiger partial charge on any atom is 0.282 e. The molecule has 156 valence electrons. The van der Waals surface area contributed by atoms with E-state index in [2.05, 4.69) is 0 Å². The van der Waals surface area contributed by atoms with Crippen LogP contribution in [0.5, 0.6) is 0 Å². The van der Waals surface area contributed by atoms with Crippen LogP contribution in [0.3, 0.4) is 0 Å². The Balaban J connectivity index is 1.85. The molecule has 2 aliphatic rings. The number of morpholine rings is 1. The summed E-state index contributed by atoms with van der Waals surface area (Å²) in [5.74, 6) is -1.13. The number of ether oxygens (including phenoxy) is 1. The predicted octanol–water partition coefficient (Wildman–Crippen LogP) is 3.84. The van der Waals surface area contributed by atoms with Crippen molar-refractivity contribution in [2.45, 2.75) is 39.9 Å². The van der Waals surface area contributed by atoms with Gasteiger partial charge in [-0.25, -0.2) is 9.29 Å². The topological polar surface area (TPSA) is 49.9 Å². The summed E-state index contributed by atoms with van der Waals surface area (Å²) >= 11 is 0. The van der Waals surface area contributed by atoms with E-state index in [9.17, 15) is 14.0 Å². The monoisotopic (exact) mass is 408 g/mol. The number of anilines is 1. The fourth-order valence-corrected chi connectivity index (χ4v) is 4.32. The van der Waals surface area contributed by atoms with Gasteiger partial charge in [0.2, 0.25) is 0 Å². The highest BCUT2D eigenvalue weighted by Gasteiger charge is 2.44. The molecule has 5 nitrogen and oxygen atoms in total. The SMILES string of the molecule is Cc1ccc(N2C(=O)C(c3ccc(F)cc3)=C(N3CC(C)OC(C)C3)C2=O)c(C)c1. The lowest BCUT2D eigenvalue weighted by molar-refractivity contribution is -0.121. The fraction of sp³-hybridized carbons (Fsp3) is 0.333. The number of nitrogens with zero attached hydrogens (tertiary/aromatic N) is 2. The average Bonchev–Trinajstić information content (AvgIpc) is 2.92. The Morgan fingerprint density at radius 1 is 0.933 bits per heavy atom. The van der Waals surface area contributed by atoms with Crippen LogP contribution < -0.4 is 4.90 Å². The molecule has 2 unspecified atom stereocenters. The van der Waals surface area contributed by atoms with E-state index in [1.54, 1.807) is 18.2 Å². The van der Waals surface area contributed by atoms with Crippen molar-refractivity contribution in [3.8, 4) is 0 Å². The van der Waals surface area contributed by atoms with Crippen LogP contribution in [0, 0.1) is 19.7 Å². The van der Waals surface area contributed by atoms with E-state index in [1.165, 1.54) is 17.0 Å². The van der Waals surface area contributed by atoms with Gasteiger partial charge >= 0.3 is 0 Å². The van der Waals surface area contributed by atoms with Gasteiger partial charge in [0.15, 0.2) is 0 Å². The molecule has 2 aromatic carbocycles. The molecule has 2 aromatic rings. The molecule has 0 spiro atoms. The van der Waals surface area contributed by atoms with Crippen LogP contribution >= 0.6 is 0 Å². The van der Waals surface area contributed by atoms with E-state index in [0.29, 0.717) is 35.6 Å². The number of carbonyl (C=O) groups excluding carboxylic acids is 2. The first-order chi connectivity index (χ1) is 14.3. The van der Waals surface area contributed by atoms with Crippen molar-refractivity contribution in [1.29, 1.82) is 0 Å². The normalized spacial score (nSPS) is 22.3. The molecule has 2 aliphatic heterocycles. The molecular weight excluding hydrogens is 383 g/mol. The summed E-state index contributed by atoms with van der Waals surface area (Å²) in [5, 5.41) is 0. The van der Waals surface area contributed by atoms with E-state index >= 15 is 0 Å². The Kier molecular flexibility index (Phi) is 5.20. The zero-order valence-corrected chi connectivity index (χ0v) is 17.6. The number of amides is 2. The number of hydrogen-bond acceptors (Lipinski definition) is 4. The van der Waals surface area contributed by atoms with Crippen LogP contribution in [0.25, 0.3) is 5.57 Å². The van der Waals surface area contributed by atoms with Crippen LogP contribution in [-0.2, 0) is 14.3 Å². The highest BCUT2D eigenvalue weighted by Crippen LogP contribution is 2.37. The second-order valence-electron chi connectivity index (χ2n) is 8.13. The van der Waals surface area contributed by atoms with Gasteiger partial charge in [0.05, 0.1) is 23.5 Å². The molecular formula is C24H25FN2O3. The van der Waals surface area contributed by atoms with E-state index < -0.39 is 5.82 Å². The number of carbonyl (C=O) groups is 2. The van der Waals surface area contributed by atoms with Crippen molar-refractivity contribution in [3.05, 3.63) is 70.7 Å². The minimum atomic E-state index is -0.391. The minimum absolute atomic E-state index is 0.0752. The molecule has 4 rings (SSSR count). The fourth-order valence-electron chi connectivity index (χ4n) is 4.32. The highest BCUT2D eigenvalue weighted by molar-refractivity contribution is 6.45. The van der Waals surface area contributed by atoms with Crippen molar-refractivity contribution >= 4 is 23.1 Å². The molecule has 6 heteroatoms. The molecule has 0 saturated carbocycles. The van der Waals surface area contributed by atoms with Crippen LogP contribution in [0.15, 0.2) is 48.2 Å². The zero-order valence-electron chi connectivity index (χ0n) is 17.6. The zero-order chi connectivity index (χ0) is 21.6. The molecule has 2 heterocycles. The Morgan fingerprint density at radius 2 is 1.57 bits per heavy atom. The Morgan fingerprint density at radius 3 is 2.17 bits per heavy atom. The third-order valence-corrected chi connectivity index (χ3v) is 5.52. The number of hydrogen-bond donors (Lipinski definition) is 0. The predicted molar refractivity (Wildman–Crippen MR) is 113 cm³/mol. The minimum Gasteiger partial charge on any atom is -0.372 e. The van der Waals surface area contributed by atoms with Crippen molar-refractivity contribution in [2.75, 3.05) is 18.0 Å². The van der Waals surface area contributed by atoms with E-state index in [1.807, 2.05) is 44.7 Å². The first kappa shape index (κ1) is 20.3. The average molecular weight is 408 g/mol. The molecule has 2 atom stereocenters. The number of rotatable bonds is 3. The molecule has 0 aliphatic carbocycles. The second-order valence-corrected chi connectivity index (χ2v) is 8.13. The quantitative estimate of drug-likeness (QED) is 0.725. The Bertz CT molecular complexity index is 1030. The largest absolute Gasteiger partial charge is 0.372 e. The van der Waals surface area contributed by atoms with Crippen molar-refractivity contribution < 1.29 is 18.7 Å². The van der Waals surface area contributed by atoms with Gasteiger partial charge in [-0.05, 0) is 57.0 Å². The van der Waals surface area contributed by atoms with Gasteiger partial charge in [-0.2, -0.15) is 0 Å². The molecule has 0 aromatic heterocycles. The lowest BCUT2D eigenvalue weighted by Gasteiger charge is -2.37. The number of imide groups is 1. The van der Waals surface area contributed by atoms with Crippen molar-refractivity contribution in [2.24, 2.45) is 0 Å². The van der Waals surface area contributed by atoms with Gasteiger partial charge in [-0.1, -0.05) is 29.8 Å². The van der Waals surface area contributed by atoms with Gasteiger partial charge in [-0.15, -0.1) is 0 Å². The summed E-state index contributed by atoms with van der Waals surface area (Å²) in [6.07, 6.45) is -0.150. The summed E-state index contributed by atoms with van der Waals surface area (Å²) in [6, 6.07) is 11.4. The van der Waals surface area contributed by atoms with Crippen LogP contribution in [0.4, 0.5) is 10.1 Å². The smallest absolute Gasteiger partial charge is 0.282 e. The molecule has 0 bridgehead atoms. The Hall–Kier alpha value is -2.99. The summed E-state index contributed by atoms with van der Waals surface area (Å²) in [6.45, 7) is 8.76. The lowest BCUT2D eigenvalue weighted by atomic mass is 10.0. The van der Waals surface area contributed by atoms with E-state index in [4.69, 9.17) is 4.74 Å². The second kappa shape index (κ2) is 7.69. The number of aryl methyl sites for hydroxylation is 2. The molecule has 2 amide bonds. The Labute approximate surface area is 175 Å². The van der Waals surface area contributed by atoms with Crippen molar-refractivity contribution in [3.63, 3.8) is 0 Å².